The molecule has 0 aliphatic heterocycles. The van der Waals surface area contributed by atoms with Gasteiger partial charge in [-0.25, -0.2) is 4.79 Å². The number of nitrogen functional groups attached to an aromatic ring is 1. The second-order valence-corrected chi connectivity index (χ2v) is 4.43. The summed E-state index contributed by atoms with van der Waals surface area (Å²) in [6, 6.07) is 5.07. The molecule has 0 unspecified atom stereocenters. The number of hydrogen-bond acceptors (Lipinski definition) is 3. The first kappa shape index (κ1) is 13.0. The van der Waals surface area contributed by atoms with Gasteiger partial charge in [-0.3, -0.25) is 0 Å². The van der Waals surface area contributed by atoms with Crippen molar-refractivity contribution in [3.05, 3.63) is 28.2 Å². The predicted molar refractivity (Wildman–Crippen MR) is 68.3 cm³/mol. The van der Waals surface area contributed by atoms with Gasteiger partial charge in [0.05, 0.1) is 5.56 Å². The fourth-order valence-electron chi connectivity index (χ4n) is 1.35. The van der Waals surface area contributed by atoms with Gasteiger partial charge in [-0.1, -0.05) is 13.8 Å². The highest BCUT2D eigenvalue weighted by Crippen LogP contribution is 2.21. The zero-order valence-electron chi connectivity index (χ0n) is 9.50. The lowest BCUT2D eigenvalue weighted by Crippen LogP contribution is -2.16. The maximum Gasteiger partial charge on any atom is 0.338 e. The van der Waals surface area contributed by atoms with Crippen LogP contribution in [0.15, 0.2) is 22.7 Å². The van der Waals surface area contributed by atoms with E-state index in [0.29, 0.717) is 11.3 Å². The lowest BCUT2D eigenvalue weighted by molar-refractivity contribution is 0.0284. The van der Waals surface area contributed by atoms with E-state index >= 15 is 0 Å². The summed E-state index contributed by atoms with van der Waals surface area (Å²) in [7, 11) is 0. The van der Waals surface area contributed by atoms with E-state index < -0.39 is 0 Å². The van der Waals surface area contributed by atoms with Crippen LogP contribution in [0.5, 0.6) is 0 Å². The molecule has 4 heteroatoms. The Morgan fingerprint density at radius 1 is 1.44 bits per heavy atom. The average Bonchev–Trinajstić information content (AvgIpc) is 2.29. The summed E-state index contributed by atoms with van der Waals surface area (Å²) < 4.78 is 6.10. The van der Waals surface area contributed by atoms with Crippen molar-refractivity contribution in [1.29, 1.82) is 0 Å². The number of halogens is 1. The highest BCUT2D eigenvalue weighted by molar-refractivity contribution is 9.10. The first-order chi connectivity index (χ1) is 7.58. The second kappa shape index (κ2) is 5.89. The molecule has 0 amide bonds. The summed E-state index contributed by atoms with van der Waals surface area (Å²) in [6.45, 7) is 3.99. The minimum atomic E-state index is -0.312. The van der Waals surface area contributed by atoms with Crippen molar-refractivity contribution in [2.75, 3.05) is 5.73 Å². The molecule has 0 saturated heterocycles. The van der Waals surface area contributed by atoms with Gasteiger partial charge in [-0.2, -0.15) is 0 Å². The van der Waals surface area contributed by atoms with Crippen LogP contribution in [0.3, 0.4) is 0 Å². The van der Waals surface area contributed by atoms with Gasteiger partial charge in [0.15, 0.2) is 0 Å². The number of carbonyl (C=O) groups excluding carboxylic acids is 1. The Hall–Kier alpha value is -1.03. The Morgan fingerprint density at radius 2 is 2.06 bits per heavy atom. The van der Waals surface area contributed by atoms with Gasteiger partial charge in [0.25, 0.3) is 0 Å². The lowest BCUT2D eigenvalue weighted by Gasteiger charge is -2.14. The standard InChI is InChI=1S/C12H16BrNO2/c1-3-9(4-2)16-12(15)8-5-6-10(13)11(14)7-8/h5-7,9H,3-4,14H2,1-2H3. The Labute approximate surface area is 104 Å². The molecule has 16 heavy (non-hydrogen) atoms. The molecule has 0 atom stereocenters. The number of benzene rings is 1. The van der Waals surface area contributed by atoms with E-state index in [4.69, 9.17) is 10.5 Å². The minimum absolute atomic E-state index is 0.0163. The summed E-state index contributed by atoms with van der Waals surface area (Å²) >= 11 is 3.28. The third-order valence-electron chi connectivity index (χ3n) is 2.42. The van der Waals surface area contributed by atoms with Gasteiger partial charge in [0.1, 0.15) is 6.10 Å². The quantitative estimate of drug-likeness (QED) is 0.682. The van der Waals surface area contributed by atoms with Crippen molar-refractivity contribution in [2.24, 2.45) is 0 Å². The van der Waals surface area contributed by atoms with Crippen molar-refractivity contribution in [2.45, 2.75) is 32.8 Å². The largest absolute Gasteiger partial charge is 0.459 e. The molecule has 3 nitrogen and oxygen atoms in total. The predicted octanol–water partition coefficient (Wildman–Crippen LogP) is 3.38. The molecule has 2 N–H and O–H groups in total. The summed E-state index contributed by atoms with van der Waals surface area (Å²) in [5, 5.41) is 0. The SMILES string of the molecule is CCC(CC)OC(=O)c1ccc(Br)c(N)c1. The monoisotopic (exact) mass is 285 g/mol. The van der Waals surface area contributed by atoms with Crippen LogP contribution in [0.4, 0.5) is 5.69 Å². The number of rotatable bonds is 4. The Morgan fingerprint density at radius 3 is 2.56 bits per heavy atom. The number of carbonyl (C=O) groups is 1. The normalized spacial score (nSPS) is 10.5. The van der Waals surface area contributed by atoms with Gasteiger partial charge in [0, 0.05) is 10.2 Å². The molecular weight excluding hydrogens is 270 g/mol. The molecule has 0 aliphatic rings. The highest BCUT2D eigenvalue weighted by Gasteiger charge is 2.13. The molecule has 0 spiro atoms. The van der Waals surface area contributed by atoms with Crippen molar-refractivity contribution >= 4 is 27.6 Å². The van der Waals surface area contributed by atoms with Crippen LogP contribution in [-0.4, -0.2) is 12.1 Å². The van der Waals surface area contributed by atoms with Crippen molar-refractivity contribution in [3.8, 4) is 0 Å². The first-order valence-electron chi connectivity index (χ1n) is 5.34. The van der Waals surface area contributed by atoms with Crippen LogP contribution in [0.25, 0.3) is 0 Å². The Bertz CT molecular complexity index is 375. The van der Waals surface area contributed by atoms with Crippen LogP contribution < -0.4 is 5.73 Å². The van der Waals surface area contributed by atoms with E-state index in [1.54, 1.807) is 18.2 Å². The summed E-state index contributed by atoms with van der Waals surface area (Å²) in [5.74, 6) is -0.312. The molecule has 0 aromatic heterocycles. The van der Waals surface area contributed by atoms with Crippen LogP contribution >= 0.6 is 15.9 Å². The molecule has 88 valence electrons. The maximum absolute atomic E-state index is 11.7. The summed E-state index contributed by atoms with van der Waals surface area (Å²) in [6.07, 6.45) is 1.64. The fourth-order valence-corrected chi connectivity index (χ4v) is 1.59. The molecule has 1 aromatic rings. The molecule has 0 saturated carbocycles. The van der Waals surface area contributed by atoms with Crippen molar-refractivity contribution in [3.63, 3.8) is 0 Å². The summed E-state index contributed by atoms with van der Waals surface area (Å²) in [5.41, 5.74) is 6.73. The lowest BCUT2D eigenvalue weighted by atomic mass is 10.2. The van der Waals surface area contributed by atoms with Crippen molar-refractivity contribution < 1.29 is 9.53 Å². The Balaban J connectivity index is 2.76. The van der Waals surface area contributed by atoms with Crippen LogP contribution in [0.2, 0.25) is 0 Å². The van der Waals surface area contributed by atoms with Crippen molar-refractivity contribution in [1.82, 2.24) is 0 Å². The first-order valence-corrected chi connectivity index (χ1v) is 6.13. The molecule has 1 aromatic carbocycles. The zero-order valence-corrected chi connectivity index (χ0v) is 11.1. The number of nitrogens with two attached hydrogens (primary N) is 1. The number of esters is 1. The third-order valence-corrected chi connectivity index (χ3v) is 3.14. The van der Waals surface area contributed by atoms with E-state index in [2.05, 4.69) is 15.9 Å². The fraction of sp³-hybridized carbons (Fsp3) is 0.417. The number of ether oxygens (including phenoxy) is 1. The van der Waals surface area contributed by atoms with E-state index in [1.807, 2.05) is 13.8 Å². The van der Waals surface area contributed by atoms with Gasteiger partial charge >= 0.3 is 5.97 Å². The van der Waals surface area contributed by atoms with E-state index in [1.165, 1.54) is 0 Å². The Kier molecular flexibility index (Phi) is 4.80. The van der Waals surface area contributed by atoms with Crippen LogP contribution in [-0.2, 0) is 4.74 Å². The van der Waals surface area contributed by atoms with Gasteiger partial charge < -0.3 is 10.5 Å². The second-order valence-electron chi connectivity index (χ2n) is 3.58. The number of anilines is 1. The average molecular weight is 286 g/mol. The zero-order chi connectivity index (χ0) is 12.1. The van der Waals surface area contributed by atoms with Crippen LogP contribution in [0, 0.1) is 0 Å². The van der Waals surface area contributed by atoms with Gasteiger partial charge in [0.2, 0.25) is 0 Å². The maximum atomic E-state index is 11.7. The molecule has 0 radical (unpaired) electrons. The van der Waals surface area contributed by atoms with E-state index in [0.717, 1.165) is 17.3 Å². The number of hydrogen-bond donors (Lipinski definition) is 1. The highest BCUT2D eigenvalue weighted by atomic mass is 79.9. The molecule has 0 bridgehead atoms. The third kappa shape index (κ3) is 3.23. The van der Waals surface area contributed by atoms with E-state index in [-0.39, 0.29) is 12.1 Å². The topological polar surface area (TPSA) is 52.3 Å². The smallest absolute Gasteiger partial charge is 0.338 e. The molecule has 1 rings (SSSR count). The molecule has 0 fully saturated rings. The van der Waals surface area contributed by atoms with Gasteiger partial charge in [-0.05, 0) is 47.0 Å². The molecule has 0 heterocycles. The van der Waals surface area contributed by atoms with Gasteiger partial charge in [-0.15, -0.1) is 0 Å². The minimum Gasteiger partial charge on any atom is -0.459 e. The molecular formula is C12H16BrNO2. The summed E-state index contributed by atoms with van der Waals surface area (Å²) in [4.78, 5) is 11.7. The van der Waals surface area contributed by atoms with Crippen LogP contribution in [0.1, 0.15) is 37.0 Å². The molecule has 0 aliphatic carbocycles. The van der Waals surface area contributed by atoms with E-state index in [9.17, 15) is 4.79 Å².